The van der Waals surface area contributed by atoms with E-state index in [2.05, 4.69) is 21.2 Å². The van der Waals surface area contributed by atoms with Gasteiger partial charge in [-0.05, 0) is 66.2 Å². The summed E-state index contributed by atoms with van der Waals surface area (Å²) in [5, 5.41) is 2.12. The van der Waals surface area contributed by atoms with Gasteiger partial charge in [-0.25, -0.2) is 18.5 Å². The molecule has 1 aliphatic heterocycles. The molecule has 33 heavy (non-hydrogen) atoms. The summed E-state index contributed by atoms with van der Waals surface area (Å²) in [6.07, 6.45) is 1.31. The van der Waals surface area contributed by atoms with Gasteiger partial charge in [-0.15, -0.1) is 0 Å². The zero-order valence-corrected chi connectivity index (χ0v) is 18.4. The molecule has 1 fully saturated rings. The van der Waals surface area contributed by atoms with Crippen molar-refractivity contribution in [3.05, 3.63) is 99.5 Å². The fourth-order valence-corrected chi connectivity index (χ4v) is 3.52. The van der Waals surface area contributed by atoms with Crippen LogP contribution in [0.5, 0.6) is 5.75 Å². The van der Waals surface area contributed by atoms with Crippen molar-refractivity contribution in [2.24, 2.45) is 0 Å². The summed E-state index contributed by atoms with van der Waals surface area (Å²) in [5.41, 5.74) is 0.930. The summed E-state index contributed by atoms with van der Waals surface area (Å²) in [5.74, 6) is -2.27. The van der Waals surface area contributed by atoms with Crippen LogP contribution in [0.3, 0.4) is 0 Å². The molecule has 0 atom stereocenters. The first-order chi connectivity index (χ1) is 15.8. The number of imide groups is 2. The summed E-state index contributed by atoms with van der Waals surface area (Å²) in [7, 11) is 0. The number of amides is 4. The van der Waals surface area contributed by atoms with Crippen molar-refractivity contribution in [2.45, 2.75) is 6.61 Å². The molecule has 4 rings (SSSR count). The summed E-state index contributed by atoms with van der Waals surface area (Å²) in [6, 6.07) is 14.6. The standard InChI is InChI=1S/C24H15BrF2N2O4/c25-16-3-10-21(33-13-14-1-4-17(26)5-2-14)15(11-16)12-20-22(30)28-24(32)29(23(20)31)19-8-6-18(27)7-9-19/h1-12H,13H2,(H,28,30,32)/b20-12+. The Morgan fingerprint density at radius 3 is 2.21 bits per heavy atom. The number of hydrogen-bond acceptors (Lipinski definition) is 4. The molecular weight excluding hydrogens is 498 g/mol. The number of rotatable bonds is 5. The summed E-state index contributed by atoms with van der Waals surface area (Å²) < 4.78 is 32.9. The molecule has 6 nitrogen and oxygen atoms in total. The van der Waals surface area contributed by atoms with Crippen LogP contribution in [0.25, 0.3) is 6.08 Å². The van der Waals surface area contributed by atoms with Crippen LogP contribution in [0.15, 0.2) is 76.8 Å². The highest BCUT2D eigenvalue weighted by molar-refractivity contribution is 9.10. The van der Waals surface area contributed by atoms with E-state index in [9.17, 15) is 23.2 Å². The molecule has 0 unspecified atom stereocenters. The Hall–Kier alpha value is -3.85. The first-order valence-electron chi connectivity index (χ1n) is 9.65. The third kappa shape index (κ3) is 4.98. The second-order valence-corrected chi connectivity index (χ2v) is 7.95. The minimum absolute atomic E-state index is 0.110. The van der Waals surface area contributed by atoms with Crippen molar-refractivity contribution in [3.8, 4) is 5.75 Å². The number of anilines is 1. The third-order valence-corrected chi connectivity index (χ3v) is 5.26. The highest BCUT2D eigenvalue weighted by Gasteiger charge is 2.37. The second kappa shape index (κ2) is 9.33. The fourth-order valence-electron chi connectivity index (χ4n) is 3.14. The molecule has 0 radical (unpaired) electrons. The van der Waals surface area contributed by atoms with E-state index in [1.165, 1.54) is 30.3 Å². The number of carbonyl (C=O) groups excluding carboxylic acids is 3. The van der Waals surface area contributed by atoms with E-state index in [4.69, 9.17) is 4.74 Å². The lowest BCUT2D eigenvalue weighted by atomic mass is 10.1. The predicted molar refractivity (Wildman–Crippen MR) is 120 cm³/mol. The van der Waals surface area contributed by atoms with Gasteiger partial charge < -0.3 is 4.74 Å². The first kappa shape index (κ1) is 22.3. The van der Waals surface area contributed by atoms with Crippen LogP contribution in [0.4, 0.5) is 19.3 Å². The number of nitrogens with zero attached hydrogens (tertiary/aromatic N) is 1. The molecule has 3 aromatic rings. The lowest BCUT2D eigenvalue weighted by molar-refractivity contribution is -0.122. The number of halogens is 3. The van der Waals surface area contributed by atoms with Gasteiger partial charge >= 0.3 is 6.03 Å². The molecule has 9 heteroatoms. The molecule has 0 aromatic heterocycles. The molecular formula is C24H15BrF2N2O4. The van der Waals surface area contributed by atoms with Gasteiger partial charge in [-0.3, -0.25) is 14.9 Å². The molecule has 0 spiro atoms. The van der Waals surface area contributed by atoms with Crippen LogP contribution in [0, 0.1) is 11.6 Å². The Labute approximate surface area is 195 Å². The predicted octanol–water partition coefficient (Wildman–Crippen LogP) is 4.97. The van der Waals surface area contributed by atoms with Crippen LogP contribution in [-0.4, -0.2) is 17.8 Å². The van der Waals surface area contributed by atoms with Crippen molar-refractivity contribution >= 4 is 45.5 Å². The van der Waals surface area contributed by atoms with Crippen molar-refractivity contribution in [1.29, 1.82) is 0 Å². The molecule has 1 N–H and O–H groups in total. The lowest BCUT2D eigenvalue weighted by Crippen LogP contribution is -2.54. The average molecular weight is 513 g/mol. The van der Waals surface area contributed by atoms with Crippen LogP contribution >= 0.6 is 15.9 Å². The van der Waals surface area contributed by atoms with Crippen molar-refractivity contribution < 1.29 is 27.9 Å². The first-order valence-corrected chi connectivity index (χ1v) is 10.4. The fraction of sp³-hybridized carbons (Fsp3) is 0.0417. The molecule has 0 bridgehead atoms. The van der Waals surface area contributed by atoms with Gasteiger partial charge in [0, 0.05) is 10.0 Å². The van der Waals surface area contributed by atoms with Gasteiger partial charge in [-0.2, -0.15) is 0 Å². The maximum Gasteiger partial charge on any atom is 0.335 e. The van der Waals surface area contributed by atoms with Gasteiger partial charge in [0.15, 0.2) is 0 Å². The lowest BCUT2D eigenvalue weighted by Gasteiger charge is -2.26. The summed E-state index contributed by atoms with van der Waals surface area (Å²) in [6.45, 7) is 0.123. The van der Waals surface area contributed by atoms with E-state index < -0.39 is 23.7 Å². The number of barbiturate groups is 1. The molecule has 1 saturated heterocycles. The Morgan fingerprint density at radius 1 is 0.909 bits per heavy atom. The number of carbonyl (C=O) groups is 3. The minimum Gasteiger partial charge on any atom is -0.488 e. The van der Waals surface area contributed by atoms with E-state index in [1.807, 2.05) is 0 Å². The van der Waals surface area contributed by atoms with Gasteiger partial charge in [0.1, 0.15) is 29.6 Å². The van der Waals surface area contributed by atoms with Gasteiger partial charge in [-0.1, -0.05) is 28.1 Å². The Kier molecular flexibility index (Phi) is 6.32. The molecule has 0 saturated carbocycles. The minimum atomic E-state index is -0.934. The quantitative estimate of drug-likeness (QED) is 0.386. The van der Waals surface area contributed by atoms with Crippen LogP contribution < -0.4 is 15.0 Å². The third-order valence-electron chi connectivity index (χ3n) is 4.77. The van der Waals surface area contributed by atoms with E-state index in [0.717, 1.165) is 22.6 Å². The largest absolute Gasteiger partial charge is 0.488 e. The van der Waals surface area contributed by atoms with Crippen LogP contribution in [0.1, 0.15) is 11.1 Å². The maximum absolute atomic E-state index is 13.3. The van der Waals surface area contributed by atoms with Crippen molar-refractivity contribution in [3.63, 3.8) is 0 Å². The zero-order chi connectivity index (χ0) is 23.5. The van der Waals surface area contributed by atoms with E-state index in [-0.39, 0.29) is 23.7 Å². The van der Waals surface area contributed by atoms with Gasteiger partial charge in [0.2, 0.25) is 0 Å². The maximum atomic E-state index is 13.3. The van der Waals surface area contributed by atoms with Gasteiger partial charge in [0.25, 0.3) is 11.8 Å². The van der Waals surface area contributed by atoms with E-state index >= 15 is 0 Å². The average Bonchev–Trinajstić information content (AvgIpc) is 2.78. The van der Waals surface area contributed by atoms with Crippen molar-refractivity contribution in [1.82, 2.24) is 5.32 Å². The number of hydrogen-bond donors (Lipinski definition) is 1. The van der Waals surface area contributed by atoms with E-state index in [1.54, 1.807) is 30.3 Å². The van der Waals surface area contributed by atoms with Gasteiger partial charge in [0.05, 0.1) is 5.69 Å². The van der Waals surface area contributed by atoms with E-state index in [0.29, 0.717) is 15.8 Å². The summed E-state index contributed by atoms with van der Waals surface area (Å²) in [4.78, 5) is 38.5. The second-order valence-electron chi connectivity index (χ2n) is 7.03. The number of benzene rings is 3. The van der Waals surface area contributed by atoms with Crippen LogP contribution in [-0.2, 0) is 16.2 Å². The van der Waals surface area contributed by atoms with Crippen molar-refractivity contribution in [2.75, 3.05) is 4.90 Å². The Balaban J connectivity index is 1.66. The highest BCUT2D eigenvalue weighted by atomic mass is 79.9. The molecule has 1 heterocycles. The monoisotopic (exact) mass is 512 g/mol. The molecule has 166 valence electrons. The topological polar surface area (TPSA) is 75.7 Å². The SMILES string of the molecule is O=C1NC(=O)N(c2ccc(F)cc2)C(=O)/C1=C/c1cc(Br)ccc1OCc1ccc(F)cc1. The Bertz CT molecular complexity index is 1270. The molecule has 4 amide bonds. The smallest absolute Gasteiger partial charge is 0.335 e. The number of ether oxygens (including phenoxy) is 1. The zero-order valence-electron chi connectivity index (χ0n) is 16.8. The normalized spacial score (nSPS) is 15.1. The molecule has 0 aliphatic carbocycles. The number of nitrogens with one attached hydrogen (secondary N) is 1. The molecule has 3 aromatic carbocycles. The highest BCUT2D eigenvalue weighted by Crippen LogP contribution is 2.28. The van der Waals surface area contributed by atoms with Crippen LogP contribution in [0.2, 0.25) is 0 Å². The Morgan fingerprint density at radius 2 is 1.55 bits per heavy atom. The summed E-state index contributed by atoms with van der Waals surface area (Å²) >= 11 is 3.35. The molecule has 1 aliphatic rings. The number of urea groups is 1.